The van der Waals surface area contributed by atoms with Gasteiger partial charge in [0.15, 0.2) is 0 Å². The molecule has 9 heavy (non-hydrogen) atoms. The highest BCUT2D eigenvalue weighted by molar-refractivity contribution is 4.04. The van der Waals surface area contributed by atoms with Crippen LogP contribution in [-0.4, -0.2) is 32.5 Å². The molecule has 0 radical (unpaired) electrons. The van der Waals surface area contributed by atoms with Crippen molar-refractivity contribution < 1.29 is 20.7 Å². The second-order valence-electron chi connectivity index (χ2n) is 0.926. The molecule has 0 heterocycles. The molecule has 0 rings (SSSR count). The van der Waals surface area contributed by atoms with Crippen molar-refractivity contribution in [2.24, 2.45) is 0 Å². The van der Waals surface area contributed by atoms with Crippen LogP contribution in [0.3, 0.4) is 0 Å². The Balaban J connectivity index is 0. The van der Waals surface area contributed by atoms with E-state index in [4.69, 9.17) is 25.7 Å². The van der Waals surface area contributed by atoms with Crippen molar-refractivity contribution in [2.45, 2.75) is 6.92 Å². The molecule has 0 aliphatic carbocycles. The smallest absolute Gasteiger partial charge is 0.291 e. The molecule has 0 amide bonds. The van der Waals surface area contributed by atoms with E-state index < -0.39 is 5.09 Å². The molecule has 0 saturated heterocycles. The minimum atomic E-state index is -1.50. The molecule has 56 valence electrons. The highest BCUT2D eigenvalue weighted by atomic mass is 16.9. The van der Waals surface area contributed by atoms with Crippen molar-refractivity contribution in [3.8, 4) is 0 Å². The number of hydrogen-bond donors (Lipinski definition) is 3. The zero-order valence-electron chi connectivity index (χ0n) is 4.76. The van der Waals surface area contributed by atoms with E-state index in [-0.39, 0.29) is 11.8 Å². The van der Waals surface area contributed by atoms with Crippen LogP contribution >= 0.6 is 0 Å². The lowest BCUT2D eigenvalue weighted by Crippen LogP contribution is -2.10. The molecule has 0 aliphatic heterocycles. The largest absolute Gasteiger partial charge is 0.328 e. The fraction of sp³-hybridized carbons (Fsp3) is 1.00. The van der Waals surface area contributed by atoms with Crippen molar-refractivity contribution in [1.82, 2.24) is 5.23 Å². The Morgan fingerprint density at radius 2 is 1.78 bits per heavy atom. The summed E-state index contributed by atoms with van der Waals surface area (Å²) in [7, 11) is 0. The van der Waals surface area contributed by atoms with Gasteiger partial charge in [-0.1, -0.05) is 5.23 Å². The van der Waals surface area contributed by atoms with Gasteiger partial charge in [0, 0.05) is 6.54 Å². The monoisotopic (exact) mass is 140 g/mol. The maximum Gasteiger partial charge on any atom is 0.291 e. The van der Waals surface area contributed by atoms with Crippen LogP contribution in [-0.2, 0) is 0 Å². The van der Waals surface area contributed by atoms with Crippen molar-refractivity contribution in [3.63, 3.8) is 0 Å². The van der Waals surface area contributed by atoms with E-state index in [0.29, 0.717) is 0 Å². The molecule has 0 saturated carbocycles. The van der Waals surface area contributed by atoms with Gasteiger partial charge in [-0.2, -0.15) is 0 Å². The molecule has 0 spiro atoms. The summed E-state index contributed by atoms with van der Waals surface area (Å²) < 4.78 is 0. The molecule has 0 aromatic heterocycles. The maximum atomic E-state index is 8.36. The number of nitrogens with zero attached hydrogens (tertiary/aromatic N) is 2. The summed E-state index contributed by atoms with van der Waals surface area (Å²) in [6.07, 6.45) is 0. The third-order valence-electron chi connectivity index (χ3n) is 0.283. The quantitative estimate of drug-likeness (QED) is 0.342. The molecule has 0 aromatic carbocycles. The van der Waals surface area contributed by atoms with E-state index in [1.54, 1.807) is 6.92 Å². The minimum Gasteiger partial charge on any atom is -0.328 e. The minimum absolute atomic E-state index is 0.125. The third kappa shape index (κ3) is 157. The molecule has 3 N–H and O–H groups in total. The van der Waals surface area contributed by atoms with Crippen LogP contribution in [0, 0.1) is 10.1 Å². The van der Waals surface area contributed by atoms with E-state index in [1.807, 2.05) is 0 Å². The van der Waals surface area contributed by atoms with Gasteiger partial charge in [0.25, 0.3) is 5.09 Å². The fourth-order valence-corrected chi connectivity index (χ4v) is 0. The topological polar surface area (TPSA) is 107 Å². The van der Waals surface area contributed by atoms with Crippen LogP contribution in [0.15, 0.2) is 0 Å². The maximum absolute atomic E-state index is 8.36. The van der Waals surface area contributed by atoms with Crippen LogP contribution in [0.5, 0.6) is 0 Å². The van der Waals surface area contributed by atoms with Crippen LogP contribution < -0.4 is 0 Å². The molecule has 0 bridgehead atoms. The van der Waals surface area contributed by atoms with Gasteiger partial charge in [0.2, 0.25) is 0 Å². The van der Waals surface area contributed by atoms with Gasteiger partial charge < -0.3 is 5.21 Å². The lowest BCUT2D eigenvalue weighted by Gasteiger charge is -1.95. The summed E-state index contributed by atoms with van der Waals surface area (Å²) in [4.78, 5) is 8.36. The summed E-state index contributed by atoms with van der Waals surface area (Å²) >= 11 is 0. The van der Waals surface area contributed by atoms with Gasteiger partial charge in [-0.25, -0.2) is 0 Å². The Bertz CT molecular complexity index is 69.4. The molecule has 0 fully saturated rings. The predicted molar refractivity (Wildman–Crippen MR) is 24.7 cm³/mol. The lowest BCUT2D eigenvalue weighted by atomic mass is 10.8. The van der Waals surface area contributed by atoms with Crippen LogP contribution in [0.2, 0.25) is 0 Å². The van der Waals surface area contributed by atoms with Crippen molar-refractivity contribution in [2.75, 3.05) is 6.54 Å². The van der Waals surface area contributed by atoms with Gasteiger partial charge in [-0.05, 0) is 6.92 Å². The lowest BCUT2D eigenvalue weighted by molar-refractivity contribution is -0.742. The van der Waals surface area contributed by atoms with E-state index in [9.17, 15) is 0 Å². The Morgan fingerprint density at radius 1 is 1.67 bits per heavy atom. The van der Waals surface area contributed by atoms with Crippen LogP contribution in [0.1, 0.15) is 6.92 Å². The summed E-state index contributed by atoms with van der Waals surface area (Å²) in [5.41, 5.74) is 0. The molecule has 7 nitrogen and oxygen atoms in total. The zero-order chi connectivity index (χ0) is 7.86. The molecular weight excluding hydrogens is 132 g/mol. The second-order valence-corrected chi connectivity index (χ2v) is 0.926. The average molecular weight is 140 g/mol. The first-order valence-corrected chi connectivity index (χ1v) is 1.99. The Kier molecular flexibility index (Phi) is 8.62. The standard InChI is InChI=1S/C2H7NO2.HNO3/c1-2-3(4)5;2-1(3)4/h4-5H,2H2,1H3;(H,2,3,4). The fourth-order valence-electron chi connectivity index (χ4n) is 0. The van der Waals surface area contributed by atoms with E-state index in [2.05, 4.69) is 0 Å². The van der Waals surface area contributed by atoms with Crippen molar-refractivity contribution >= 4 is 0 Å². The van der Waals surface area contributed by atoms with E-state index in [1.165, 1.54) is 0 Å². The first-order chi connectivity index (χ1) is 4.00. The third-order valence-corrected chi connectivity index (χ3v) is 0.283. The molecule has 0 aliphatic rings. The van der Waals surface area contributed by atoms with E-state index in [0.717, 1.165) is 0 Å². The Morgan fingerprint density at radius 3 is 1.78 bits per heavy atom. The van der Waals surface area contributed by atoms with Crippen molar-refractivity contribution in [3.05, 3.63) is 10.1 Å². The summed E-state index contributed by atoms with van der Waals surface area (Å²) in [5, 5.41) is 29.3. The normalized spacial score (nSPS) is 8.00. The molecule has 7 heteroatoms. The highest BCUT2D eigenvalue weighted by Gasteiger charge is 1.76. The number of hydrogen-bond acceptors (Lipinski definition) is 5. The van der Waals surface area contributed by atoms with Gasteiger partial charge in [-0.3, -0.25) is 10.4 Å². The Hall–Kier alpha value is -0.920. The summed E-state index contributed by atoms with van der Waals surface area (Å²) in [5.74, 6) is 0. The molecule has 0 unspecified atom stereocenters. The van der Waals surface area contributed by atoms with Crippen molar-refractivity contribution in [1.29, 1.82) is 0 Å². The van der Waals surface area contributed by atoms with Gasteiger partial charge in [0.1, 0.15) is 0 Å². The van der Waals surface area contributed by atoms with Gasteiger partial charge in [0.05, 0.1) is 0 Å². The molecular formula is C2H8N2O5. The van der Waals surface area contributed by atoms with Crippen LogP contribution in [0.4, 0.5) is 0 Å². The predicted octanol–water partition coefficient (Wildman–Crippen LogP) is -0.261. The molecule has 0 atom stereocenters. The molecule has 0 aromatic rings. The van der Waals surface area contributed by atoms with Crippen LogP contribution in [0.25, 0.3) is 0 Å². The van der Waals surface area contributed by atoms with E-state index >= 15 is 0 Å². The average Bonchev–Trinajstić information content (AvgIpc) is 1.65. The number of rotatable bonds is 1. The van der Waals surface area contributed by atoms with Gasteiger partial charge in [-0.15, -0.1) is 10.1 Å². The SMILES string of the molecule is CCN(O)O.O=[N+]([O-])O. The highest BCUT2D eigenvalue weighted by Crippen LogP contribution is 1.61. The first kappa shape index (κ1) is 11.0. The second kappa shape index (κ2) is 7.08. The number of hydroxylamine groups is 2. The summed E-state index contributed by atoms with van der Waals surface area (Å²) in [6, 6.07) is 0. The summed E-state index contributed by atoms with van der Waals surface area (Å²) in [6.45, 7) is 1.88. The van der Waals surface area contributed by atoms with Gasteiger partial charge >= 0.3 is 0 Å². The zero-order valence-corrected chi connectivity index (χ0v) is 4.76. The first-order valence-electron chi connectivity index (χ1n) is 1.99. The Labute approximate surface area is 50.8 Å².